The first kappa shape index (κ1) is 11.4. The van der Waals surface area contributed by atoms with Gasteiger partial charge in [-0.25, -0.2) is 0 Å². The Kier molecular flexibility index (Phi) is 4.19. The van der Waals surface area contributed by atoms with Gasteiger partial charge in [0.1, 0.15) is 12.4 Å². The van der Waals surface area contributed by atoms with Crippen molar-refractivity contribution in [2.75, 3.05) is 13.2 Å². The van der Waals surface area contributed by atoms with Gasteiger partial charge in [0.05, 0.1) is 6.61 Å². The van der Waals surface area contributed by atoms with Crippen LogP contribution in [0.15, 0.2) is 24.3 Å². The van der Waals surface area contributed by atoms with Gasteiger partial charge in [0.15, 0.2) is 0 Å². The van der Waals surface area contributed by atoms with Gasteiger partial charge in [0.2, 0.25) is 0 Å². The topological polar surface area (TPSA) is 41.5 Å². The lowest BCUT2D eigenvalue weighted by Crippen LogP contribution is -2.38. The molecule has 1 aliphatic heterocycles. The van der Waals surface area contributed by atoms with Crippen molar-refractivity contribution in [1.82, 2.24) is 5.32 Å². The molecule has 0 radical (unpaired) electrons. The monoisotopic (exact) mass is 221 g/mol. The molecule has 0 saturated carbocycles. The van der Waals surface area contributed by atoms with Crippen molar-refractivity contribution < 1.29 is 9.84 Å². The first-order chi connectivity index (χ1) is 7.88. The van der Waals surface area contributed by atoms with Crippen molar-refractivity contribution in [2.24, 2.45) is 0 Å². The fourth-order valence-electron chi connectivity index (χ4n) is 2.00. The average molecular weight is 221 g/mol. The van der Waals surface area contributed by atoms with Crippen molar-refractivity contribution in [3.8, 4) is 5.75 Å². The quantitative estimate of drug-likeness (QED) is 0.813. The molecule has 3 heteroatoms. The van der Waals surface area contributed by atoms with E-state index in [0.717, 1.165) is 24.5 Å². The van der Waals surface area contributed by atoms with Gasteiger partial charge in [-0.15, -0.1) is 0 Å². The molecule has 0 aromatic heterocycles. The van der Waals surface area contributed by atoms with Gasteiger partial charge in [-0.2, -0.15) is 0 Å². The predicted molar refractivity (Wildman–Crippen MR) is 63.5 cm³/mol. The van der Waals surface area contributed by atoms with Crippen LogP contribution in [0.3, 0.4) is 0 Å². The minimum atomic E-state index is 0.0683. The Morgan fingerprint density at radius 1 is 1.38 bits per heavy atom. The SMILES string of the molecule is OCc1cccc(OCC2CCCCN2)c1. The summed E-state index contributed by atoms with van der Waals surface area (Å²) in [5.74, 6) is 0.846. The largest absolute Gasteiger partial charge is 0.492 e. The second kappa shape index (κ2) is 5.87. The van der Waals surface area contributed by atoms with Crippen LogP contribution in [0, 0.1) is 0 Å². The summed E-state index contributed by atoms with van der Waals surface area (Å²) in [6, 6.07) is 8.11. The Morgan fingerprint density at radius 2 is 2.31 bits per heavy atom. The third-order valence-electron chi connectivity index (χ3n) is 2.94. The van der Waals surface area contributed by atoms with Crippen LogP contribution in [-0.4, -0.2) is 24.3 Å². The number of aliphatic hydroxyl groups is 1. The molecule has 0 spiro atoms. The number of benzene rings is 1. The van der Waals surface area contributed by atoms with E-state index >= 15 is 0 Å². The van der Waals surface area contributed by atoms with Crippen LogP contribution in [0.5, 0.6) is 5.75 Å². The molecule has 1 aromatic rings. The van der Waals surface area contributed by atoms with Crippen molar-refractivity contribution >= 4 is 0 Å². The van der Waals surface area contributed by atoms with E-state index in [1.54, 1.807) is 0 Å². The molecule has 88 valence electrons. The van der Waals surface area contributed by atoms with Crippen molar-refractivity contribution in [3.63, 3.8) is 0 Å². The van der Waals surface area contributed by atoms with Gasteiger partial charge in [-0.1, -0.05) is 18.6 Å². The molecular formula is C13H19NO2. The molecule has 1 aromatic carbocycles. The fourth-order valence-corrected chi connectivity index (χ4v) is 2.00. The summed E-state index contributed by atoms with van der Waals surface area (Å²) in [6.45, 7) is 1.89. The van der Waals surface area contributed by atoms with Crippen LogP contribution in [0.25, 0.3) is 0 Å². The second-order valence-corrected chi connectivity index (χ2v) is 4.26. The van der Waals surface area contributed by atoms with Crippen molar-refractivity contribution in [3.05, 3.63) is 29.8 Å². The van der Waals surface area contributed by atoms with Gasteiger partial charge in [0, 0.05) is 6.04 Å². The van der Waals surface area contributed by atoms with Crippen LogP contribution in [0.2, 0.25) is 0 Å². The molecule has 3 nitrogen and oxygen atoms in total. The Labute approximate surface area is 96.4 Å². The summed E-state index contributed by atoms with van der Waals surface area (Å²) in [7, 11) is 0. The van der Waals surface area contributed by atoms with Gasteiger partial charge < -0.3 is 15.2 Å². The number of piperidine rings is 1. The van der Waals surface area contributed by atoms with Gasteiger partial charge >= 0.3 is 0 Å². The lowest BCUT2D eigenvalue weighted by Gasteiger charge is -2.23. The molecule has 0 amide bonds. The third kappa shape index (κ3) is 3.22. The molecule has 1 heterocycles. The van der Waals surface area contributed by atoms with E-state index in [9.17, 15) is 0 Å². The molecule has 0 aliphatic carbocycles. The molecule has 0 bridgehead atoms. The summed E-state index contributed by atoms with van der Waals surface area (Å²) < 4.78 is 5.71. The van der Waals surface area contributed by atoms with Crippen molar-refractivity contribution in [1.29, 1.82) is 0 Å². The third-order valence-corrected chi connectivity index (χ3v) is 2.94. The molecule has 2 N–H and O–H groups in total. The molecule has 1 aliphatic rings. The van der Waals surface area contributed by atoms with E-state index in [1.807, 2.05) is 24.3 Å². The molecule has 1 atom stereocenters. The van der Waals surface area contributed by atoms with Gasteiger partial charge in [-0.05, 0) is 37.1 Å². The highest BCUT2D eigenvalue weighted by Crippen LogP contribution is 2.15. The normalized spacial score (nSPS) is 20.7. The zero-order valence-corrected chi connectivity index (χ0v) is 9.48. The van der Waals surface area contributed by atoms with Crippen LogP contribution in [-0.2, 0) is 6.61 Å². The van der Waals surface area contributed by atoms with Crippen LogP contribution in [0.1, 0.15) is 24.8 Å². The summed E-state index contributed by atoms with van der Waals surface area (Å²) in [5, 5.41) is 12.5. The first-order valence-corrected chi connectivity index (χ1v) is 5.94. The first-order valence-electron chi connectivity index (χ1n) is 5.94. The lowest BCUT2D eigenvalue weighted by molar-refractivity contribution is 0.237. The van der Waals surface area contributed by atoms with E-state index in [-0.39, 0.29) is 6.61 Å². The zero-order chi connectivity index (χ0) is 11.2. The van der Waals surface area contributed by atoms with Gasteiger partial charge in [-0.3, -0.25) is 0 Å². The number of aliphatic hydroxyl groups excluding tert-OH is 1. The summed E-state index contributed by atoms with van der Waals surface area (Å²) in [5.41, 5.74) is 0.897. The average Bonchev–Trinajstić information content (AvgIpc) is 2.38. The highest BCUT2D eigenvalue weighted by Gasteiger charge is 2.12. The Hall–Kier alpha value is -1.06. The van der Waals surface area contributed by atoms with Crippen LogP contribution >= 0.6 is 0 Å². The standard InChI is InChI=1S/C13H19NO2/c15-9-11-4-3-6-13(8-11)16-10-12-5-1-2-7-14-12/h3-4,6,8,12,14-15H,1-2,5,7,9-10H2. The Bertz CT molecular complexity index is 321. The molecule has 2 rings (SSSR count). The highest BCUT2D eigenvalue weighted by molar-refractivity contribution is 5.28. The maximum Gasteiger partial charge on any atom is 0.119 e. The van der Waals surface area contributed by atoms with Crippen molar-refractivity contribution in [2.45, 2.75) is 31.9 Å². The van der Waals surface area contributed by atoms with E-state index in [4.69, 9.17) is 9.84 Å². The fraction of sp³-hybridized carbons (Fsp3) is 0.538. The maximum atomic E-state index is 9.01. The zero-order valence-electron chi connectivity index (χ0n) is 9.48. The Balaban J connectivity index is 1.83. The molecule has 16 heavy (non-hydrogen) atoms. The minimum absolute atomic E-state index is 0.0683. The smallest absolute Gasteiger partial charge is 0.119 e. The minimum Gasteiger partial charge on any atom is -0.492 e. The number of rotatable bonds is 4. The molecule has 1 unspecified atom stereocenters. The number of ether oxygens (including phenoxy) is 1. The number of hydrogen-bond donors (Lipinski definition) is 2. The molecule has 1 fully saturated rings. The van der Waals surface area contributed by atoms with Crippen LogP contribution < -0.4 is 10.1 Å². The molecule has 1 saturated heterocycles. The van der Waals surface area contributed by atoms with E-state index < -0.39 is 0 Å². The lowest BCUT2D eigenvalue weighted by atomic mass is 10.1. The van der Waals surface area contributed by atoms with E-state index in [1.165, 1.54) is 19.3 Å². The maximum absolute atomic E-state index is 9.01. The summed E-state index contributed by atoms with van der Waals surface area (Å²) in [4.78, 5) is 0. The van der Waals surface area contributed by atoms with E-state index in [0.29, 0.717) is 6.04 Å². The van der Waals surface area contributed by atoms with E-state index in [2.05, 4.69) is 5.32 Å². The van der Waals surface area contributed by atoms with Gasteiger partial charge in [0.25, 0.3) is 0 Å². The predicted octanol–water partition coefficient (Wildman–Crippen LogP) is 1.70. The molecular weight excluding hydrogens is 202 g/mol. The van der Waals surface area contributed by atoms with Crippen LogP contribution in [0.4, 0.5) is 0 Å². The number of hydrogen-bond acceptors (Lipinski definition) is 3. The highest BCUT2D eigenvalue weighted by atomic mass is 16.5. The summed E-state index contributed by atoms with van der Waals surface area (Å²) in [6.07, 6.45) is 3.76. The second-order valence-electron chi connectivity index (χ2n) is 4.26. The summed E-state index contributed by atoms with van der Waals surface area (Å²) >= 11 is 0. The number of nitrogens with one attached hydrogen (secondary N) is 1. The Morgan fingerprint density at radius 3 is 3.06 bits per heavy atom.